The average molecular weight is 354 g/mol. The van der Waals surface area contributed by atoms with E-state index in [1.165, 1.54) is 16.8 Å². The minimum absolute atomic E-state index is 0.0267. The van der Waals surface area contributed by atoms with Gasteiger partial charge >= 0.3 is 0 Å². The van der Waals surface area contributed by atoms with Crippen molar-refractivity contribution < 1.29 is 14.3 Å². The summed E-state index contributed by atoms with van der Waals surface area (Å²) in [6.07, 6.45) is 2.34. The van der Waals surface area contributed by atoms with Crippen molar-refractivity contribution in [3.8, 4) is 11.5 Å². The van der Waals surface area contributed by atoms with Gasteiger partial charge in [-0.05, 0) is 36.1 Å². The summed E-state index contributed by atoms with van der Waals surface area (Å²) in [4.78, 5) is 12.3. The zero-order valence-electron chi connectivity index (χ0n) is 15.4. The Hall–Kier alpha value is -2.69. The van der Waals surface area contributed by atoms with Crippen LogP contribution in [0.5, 0.6) is 11.5 Å². The molecule has 2 aromatic rings. The van der Waals surface area contributed by atoms with Gasteiger partial charge in [-0.3, -0.25) is 4.79 Å². The molecule has 0 bridgehead atoms. The van der Waals surface area contributed by atoms with Gasteiger partial charge in [0.05, 0.1) is 0 Å². The number of hydrogen-bond donors (Lipinski definition) is 2. The molecule has 0 aliphatic carbocycles. The third kappa shape index (κ3) is 4.28. The van der Waals surface area contributed by atoms with E-state index in [1.54, 1.807) is 6.07 Å². The molecule has 5 heteroatoms. The van der Waals surface area contributed by atoms with Crippen LogP contribution in [-0.2, 0) is 17.6 Å². The van der Waals surface area contributed by atoms with Crippen molar-refractivity contribution in [1.82, 2.24) is 0 Å². The predicted molar refractivity (Wildman–Crippen MR) is 104 cm³/mol. The lowest BCUT2D eigenvalue weighted by Gasteiger charge is -2.19. The van der Waals surface area contributed by atoms with Crippen LogP contribution < -0.4 is 20.1 Å². The molecule has 2 aromatic carbocycles. The van der Waals surface area contributed by atoms with Crippen LogP contribution in [0, 0.1) is 0 Å². The van der Waals surface area contributed by atoms with Crippen LogP contribution in [0.1, 0.15) is 31.4 Å². The normalized spacial score (nSPS) is 12.5. The van der Waals surface area contributed by atoms with Crippen LogP contribution in [0.3, 0.4) is 0 Å². The first-order valence-corrected chi connectivity index (χ1v) is 9.25. The summed E-state index contributed by atoms with van der Waals surface area (Å²) < 4.78 is 11.0. The first-order chi connectivity index (χ1) is 12.7. The topological polar surface area (TPSA) is 59.6 Å². The number of fused-ring (bicyclic) bond motifs is 1. The fraction of sp³-hybridized carbons (Fsp3) is 0.381. The molecule has 0 fully saturated rings. The quantitative estimate of drug-likeness (QED) is 0.788. The number of anilines is 2. The number of carbonyl (C=O) groups excluding carboxylic acids is 1. The van der Waals surface area contributed by atoms with Gasteiger partial charge in [0, 0.05) is 30.4 Å². The van der Waals surface area contributed by atoms with Crippen LogP contribution in [-0.4, -0.2) is 25.7 Å². The van der Waals surface area contributed by atoms with E-state index in [1.807, 2.05) is 12.1 Å². The Kier molecular flexibility index (Phi) is 6.00. The number of benzene rings is 2. The number of para-hydroxylation sites is 1. The van der Waals surface area contributed by atoms with Crippen LogP contribution in [0.15, 0.2) is 36.4 Å². The van der Waals surface area contributed by atoms with E-state index in [0.717, 1.165) is 24.3 Å². The standard InChI is InChI=1S/C21H26N2O3/c1-3-15-6-5-7-16(4-2)21(15)22-11-10-20(24)23-17-8-9-18-19(14-17)26-13-12-25-18/h5-9,14,22H,3-4,10-13H2,1-2H3,(H,23,24). The van der Waals surface area contributed by atoms with Crippen molar-refractivity contribution >= 4 is 17.3 Å². The lowest BCUT2D eigenvalue weighted by Crippen LogP contribution is -2.18. The van der Waals surface area contributed by atoms with E-state index in [0.29, 0.717) is 31.9 Å². The zero-order chi connectivity index (χ0) is 18.4. The first kappa shape index (κ1) is 18.1. The van der Waals surface area contributed by atoms with Crippen LogP contribution in [0.2, 0.25) is 0 Å². The van der Waals surface area contributed by atoms with Gasteiger partial charge in [0.25, 0.3) is 0 Å². The van der Waals surface area contributed by atoms with Crippen molar-refractivity contribution in [2.24, 2.45) is 0 Å². The Morgan fingerprint density at radius 2 is 1.69 bits per heavy atom. The molecule has 1 amide bonds. The number of rotatable bonds is 7. The van der Waals surface area contributed by atoms with Gasteiger partial charge < -0.3 is 20.1 Å². The number of ether oxygens (including phenoxy) is 2. The van der Waals surface area contributed by atoms with Gasteiger partial charge in [-0.15, -0.1) is 0 Å². The Labute approximate surface area is 154 Å². The van der Waals surface area contributed by atoms with Crippen LogP contribution in [0.4, 0.5) is 11.4 Å². The Morgan fingerprint density at radius 3 is 2.38 bits per heavy atom. The molecule has 0 saturated carbocycles. The summed E-state index contributed by atoms with van der Waals surface area (Å²) in [5.41, 5.74) is 4.47. The smallest absolute Gasteiger partial charge is 0.226 e. The molecular weight excluding hydrogens is 328 g/mol. The molecule has 0 saturated heterocycles. The van der Waals surface area contributed by atoms with Crippen LogP contribution in [0.25, 0.3) is 0 Å². The number of nitrogens with one attached hydrogen (secondary N) is 2. The third-order valence-corrected chi connectivity index (χ3v) is 4.48. The van der Waals surface area contributed by atoms with Crippen molar-refractivity contribution in [3.05, 3.63) is 47.5 Å². The highest BCUT2D eigenvalue weighted by Gasteiger charge is 2.13. The molecule has 26 heavy (non-hydrogen) atoms. The maximum Gasteiger partial charge on any atom is 0.226 e. The number of amides is 1. The van der Waals surface area contributed by atoms with Gasteiger partial charge in [-0.25, -0.2) is 0 Å². The van der Waals surface area contributed by atoms with Gasteiger partial charge in [0.1, 0.15) is 13.2 Å². The molecule has 138 valence electrons. The summed E-state index contributed by atoms with van der Waals surface area (Å²) in [7, 11) is 0. The summed E-state index contributed by atoms with van der Waals surface area (Å²) in [5, 5.41) is 6.37. The molecule has 0 spiro atoms. The average Bonchev–Trinajstić information content (AvgIpc) is 2.67. The molecular formula is C21H26N2O3. The highest BCUT2D eigenvalue weighted by Crippen LogP contribution is 2.32. The summed E-state index contributed by atoms with van der Waals surface area (Å²) in [6.45, 7) is 5.98. The van der Waals surface area contributed by atoms with Gasteiger partial charge in [0.15, 0.2) is 11.5 Å². The van der Waals surface area contributed by atoms with Gasteiger partial charge in [-0.2, -0.15) is 0 Å². The lowest BCUT2D eigenvalue weighted by molar-refractivity contribution is -0.115. The second-order valence-corrected chi connectivity index (χ2v) is 6.24. The second kappa shape index (κ2) is 8.61. The molecule has 1 heterocycles. The van der Waals surface area contributed by atoms with E-state index in [2.05, 4.69) is 42.7 Å². The number of carbonyl (C=O) groups is 1. The zero-order valence-corrected chi connectivity index (χ0v) is 15.4. The molecule has 1 aliphatic rings. The Morgan fingerprint density at radius 1 is 1.00 bits per heavy atom. The Bertz CT molecular complexity index is 752. The highest BCUT2D eigenvalue weighted by atomic mass is 16.6. The van der Waals surface area contributed by atoms with E-state index >= 15 is 0 Å². The number of aryl methyl sites for hydroxylation is 2. The summed E-state index contributed by atoms with van der Waals surface area (Å²) in [6, 6.07) is 11.8. The predicted octanol–water partition coefficient (Wildman–Crippen LogP) is 4.02. The van der Waals surface area contributed by atoms with Crippen molar-refractivity contribution in [2.45, 2.75) is 33.1 Å². The van der Waals surface area contributed by atoms with Crippen LogP contribution >= 0.6 is 0 Å². The largest absolute Gasteiger partial charge is 0.486 e. The molecule has 5 nitrogen and oxygen atoms in total. The molecule has 2 N–H and O–H groups in total. The van der Waals surface area contributed by atoms with E-state index in [4.69, 9.17) is 9.47 Å². The van der Waals surface area contributed by atoms with Crippen molar-refractivity contribution in [3.63, 3.8) is 0 Å². The van der Waals surface area contributed by atoms with E-state index in [9.17, 15) is 4.79 Å². The minimum Gasteiger partial charge on any atom is -0.486 e. The lowest BCUT2D eigenvalue weighted by atomic mass is 10.0. The van der Waals surface area contributed by atoms with Crippen molar-refractivity contribution in [1.29, 1.82) is 0 Å². The summed E-state index contributed by atoms with van der Waals surface area (Å²) in [5.74, 6) is 1.37. The highest BCUT2D eigenvalue weighted by molar-refractivity contribution is 5.91. The molecule has 0 atom stereocenters. The maximum atomic E-state index is 12.3. The SMILES string of the molecule is CCc1cccc(CC)c1NCCC(=O)Nc1ccc2c(c1)OCCO2. The maximum absolute atomic E-state index is 12.3. The molecule has 0 radical (unpaired) electrons. The number of hydrogen-bond acceptors (Lipinski definition) is 4. The fourth-order valence-corrected chi connectivity index (χ4v) is 3.12. The molecule has 1 aliphatic heterocycles. The minimum atomic E-state index is -0.0267. The van der Waals surface area contributed by atoms with Crippen molar-refractivity contribution in [2.75, 3.05) is 30.4 Å². The summed E-state index contributed by atoms with van der Waals surface area (Å²) >= 11 is 0. The van der Waals surface area contributed by atoms with E-state index in [-0.39, 0.29) is 5.91 Å². The van der Waals surface area contributed by atoms with E-state index < -0.39 is 0 Å². The molecule has 3 rings (SSSR count). The second-order valence-electron chi connectivity index (χ2n) is 6.24. The fourth-order valence-electron chi connectivity index (χ4n) is 3.12. The molecule has 0 unspecified atom stereocenters. The first-order valence-electron chi connectivity index (χ1n) is 9.25. The third-order valence-electron chi connectivity index (χ3n) is 4.48. The Balaban J connectivity index is 1.55. The van der Waals surface area contributed by atoms with Gasteiger partial charge in [-0.1, -0.05) is 32.0 Å². The van der Waals surface area contributed by atoms with Gasteiger partial charge in [0.2, 0.25) is 5.91 Å². The monoisotopic (exact) mass is 354 g/mol. The molecule has 0 aromatic heterocycles.